The maximum atomic E-state index is 13.3. The number of ether oxygens (including phenoxy) is 1. The van der Waals surface area contributed by atoms with E-state index in [1.165, 1.54) is 47.0 Å². The molecule has 0 saturated carbocycles. The third-order valence-corrected chi connectivity index (χ3v) is 7.82. The summed E-state index contributed by atoms with van der Waals surface area (Å²) in [5.74, 6) is -1.35. The lowest BCUT2D eigenvalue weighted by Gasteiger charge is -2.11. The van der Waals surface area contributed by atoms with Gasteiger partial charge in [0.2, 0.25) is 0 Å². The third-order valence-electron chi connectivity index (χ3n) is 5.40. The number of sulfonamides is 1. The lowest BCUT2D eigenvalue weighted by molar-refractivity contribution is -0.384. The van der Waals surface area contributed by atoms with Crippen molar-refractivity contribution in [1.29, 1.82) is 0 Å². The number of aryl methyl sites for hydroxylation is 1. The summed E-state index contributed by atoms with van der Waals surface area (Å²) >= 11 is 0.980. The van der Waals surface area contributed by atoms with Crippen LogP contribution in [-0.2, 0) is 26.1 Å². The first-order valence-corrected chi connectivity index (χ1v) is 13.6. The Labute approximate surface area is 221 Å². The van der Waals surface area contributed by atoms with Gasteiger partial charge >= 0.3 is 5.97 Å². The van der Waals surface area contributed by atoms with Crippen molar-refractivity contribution in [2.75, 3.05) is 11.3 Å². The Hall–Kier alpha value is -4.36. The Kier molecular flexibility index (Phi) is 7.69. The number of nitrogens with one attached hydrogen (secondary N) is 1. The van der Waals surface area contributed by atoms with Gasteiger partial charge in [0.25, 0.3) is 21.6 Å². The van der Waals surface area contributed by atoms with Crippen molar-refractivity contribution in [3.05, 3.63) is 92.8 Å². The molecule has 3 aromatic carbocycles. The van der Waals surface area contributed by atoms with E-state index in [9.17, 15) is 28.1 Å². The molecule has 1 N–H and O–H groups in total. The minimum Gasteiger partial charge on any atom is -0.465 e. The maximum Gasteiger partial charge on any atom is 0.326 e. The first-order chi connectivity index (χ1) is 18.1. The molecule has 0 bridgehead atoms. The van der Waals surface area contributed by atoms with E-state index >= 15 is 0 Å². The zero-order valence-corrected chi connectivity index (χ0v) is 21.9. The maximum absolute atomic E-state index is 13.3. The second kappa shape index (κ2) is 10.9. The highest BCUT2D eigenvalue weighted by molar-refractivity contribution is 7.92. The minimum atomic E-state index is -3.99. The highest BCUT2D eigenvalue weighted by atomic mass is 32.2. The SMILES string of the molecule is CCOC(=O)Cn1c(=NC(=O)c2ccccc2NS(=O)(=O)c2ccc(C)cc2)sc2cc([N+](=O)[O-])ccc21. The van der Waals surface area contributed by atoms with Crippen LogP contribution in [0.3, 0.4) is 0 Å². The zero-order valence-electron chi connectivity index (χ0n) is 20.3. The van der Waals surface area contributed by atoms with Crippen molar-refractivity contribution < 1.29 is 27.7 Å². The van der Waals surface area contributed by atoms with Gasteiger partial charge in [-0.25, -0.2) is 8.42 Å². The lowest BCUT2D eigenvalue weighted by Crippen LogP contribution is -2.23. The number of non-ortho nitro benzene ring substituents is 1. The number of fused-ring (bicyclic) bond motifs is 1. The Balaban J connectivity index is 1.77. The number of rotatable bonds is 8. The van der Waals surface area contributed by atoms with Crippen LogP contribution < -0.4 is 9.52 Å². The van der Waals surface area contributed by atoms with Crippen LogP contribution in [0.25, 0.3) is 10.2 Å². The Morgan fingerprint density at radius 1 is 1.11 bits per heavy atom. The summed E-state index contributed by atoms with van der Waals surface area (Å²) in [5.41, 5.74) is 1.19. The van der Waals surface area contributed by atoms with Gasteiger partial charge in [0.1, 0.15) is 6.54 Å². The fourth-order valence-corrected chi connectivity index (χ4v) is 5.72. The van der Waals surface area contributed by atoms with Crippen molar-refractivity contribution in [3.63, 3.8) is 0 Å². The van der Waals surface area contributed by atoms with Gasteiger partial charge in [-0.2, -0.15) is 4.99 Å². The molecule has 1 amide bonds. The molecule has 13 heteroatoms. The van der Waals surface area contributed by atoms with Crippen LogP contribution in [0.1, 0.15) is 22.8 Å². The predicted octanol–water partition coefficient (Wildman–Crippen LogP) is 4.02. The Morgan fingerprint density at radius 3 is 2.50 bits per heavy atom. The van der Waals surface area contributed by atoms with Crippen molar-refractivity contribution in [1.82, 2.24) is 4.57 Å². The number of para-hydroxylation sites is 1. The normalized spacial score (nSPS) is 11.9. The van der Waals surface area contributed by atoms with Crippen LogP contribution in [0.2, 0.25) is 0 Å². The molecule has 0 spiro atoms. The molecule has 4 aromatic rings. The summed E-state index contributed by atoms with van der Waals surface area (Å²) < 4.78 is 35.2. The van der Waals surface area contributed by atoms with Gasteiger partial charge in [0, 0.05) is 12.1 Å². The number of anilines is 1. The number of aromatic nitrogens is 1. The van der Waals surface area contributed by atoms with Crippen LogP contribution >= 0.6 is 11.3 Å². The number of nitro groups is 1. The molecule has 11 nitrogen and oxygen atoms in total. The van der Waals surface area contributed by atoms with Gasteiger partial charge in [-0.05, 0) is 44.2 Å². The first-order valence-electron chi connectivity index (χ1n) is 11.3. The van der Waals surface area contributed by atoms with Gasteiger partial charge in [-0.15, -0.1) is 0 Å². The summed E-state index contributed by atoms with van der Waals surface area (Å²) in [6.45, 7) is 3.35. The number of nitrogens with zero attached hydrogens (tertiary/aromatic N) is 3. The zero-order chi connectivity index (χ0) is 27.4. The number of amides is 1. The molecule has 38 heavy (non-hydrogen) atoms. The van der Waals surface area contributed by atoms with Gasteiger partial charge in [-0.1, -0.05) is 41.2 Å². The van der Waals surface area contributed by atoms with Gasteiger partial charge in [0.15, 0.2) is 4.80 Å². The fraction of sp³-hybridized carbons (Fsp3) is 0.160. The minimum absolute atomic E-state index is 0.0192. The van der Waals surface area contributed by atoms with Gasteiger partial charge < -0.3 is 9.30 Å². The van der Waals surface area contributed by atoms with Crippen LogP contribution in [-0.4, -0.2) is 36.4 Å². The summed E-state index contributed by atoms with van der Waals surface area (Å²) in [6.07, 6.45) is 0. The van der Waals surface area contributed by atoms with E-state index in [4.69, 9.17) is 4.74 Å². The van der Waals surface area contributed by atoms with E-state index in [0.717, 1.165) is 16.9 Å². The molecule has 0 saturated heterocycles. The number of benzene rings is 3. The highest BCUT2D eigenvalue weighted by Crippen LogP contribution is 2.25. The standard InChI is InChI=1S/C25H22N4O7S2/c1-3-36-23(30)15-28-21-13-10-17(29(32)33)14-22(21)37-25(28)26-24(31)19-6-4-5-7-20(19)27-38(34,35)18-11-8-16(2)9-12-18/h4-14,27H,3,15H2,1-2H3. The van der Waals surface area contributed by atoms with Crippen LogP contribution in [0.15, 0.2) is 76.6 Å². The molecule has 4 rings (SSSR count). The number of hydrogen-bond acceptors (Lipinski definition) is 8. The summed E-state index contributed by atoms with van der Waals surface area (Å²) in [4.78, 5) is 40.5. The number of carbonyl (C=O) groups is 2. The number of nitro benzene ring substituents is 1. The van der Waals surface area contributed by atoms with Gasteiger partial charge in [0.05, 0.1) is 37.9 Å². The van der Waals surface area contributed by atoms with E-state index in [2.05, 4.69) is 9.71 Å². The van der Waals surface area contributed by atoms with Crippen LogP contribution in [0, 0.1) is 17.0 Å². The Bertz CT molecular complexity index is 1720. The predicted molar refractivity (Wildman–Crippen MR) is 141 cm³/mol. The smallest absolute Gasteiger partial charge is 0.326 e. The second-order valence-electron chi connectivity index (χ2n) is 8.07. The summed E-state index contributed by atoms with van der Waals surface area (Å²) in [7, 11) is -3.99. The van der Waals surface area contributed by atoms with E-state index < -0.39 is 26.8 Å². The number of esters is 1. The average Bonchev–Trinajstić information content (AvgIpc) is 3.20. The fourth-order valence-electron chi connectivity index (χ4n) is 3.58. The molecule has 1 heterocycles. The van der Waals surface area contributed by atoms with Crippen molar-refractivity contribution >= 4 is 54.8 Å². The largest absolute Gasteiger partial charge is 0.465 e. The van der Waals surface area contributed by atoms with Gasteiger partial charge in [-0.3, -0.25) is 24.4 Å². The molecule has 0 fully saturated rings. The second-order valence-corrected chi connectivity index (χ2v) is 10.8. The van der Waals surface area contributed by atoms with E-state index in [0.29, 0.717) is 10.2 Å². The molecule has 0 aliphatic carbocycles. The highest BCUT2D eigenvalue weighted by Gasteiger charge is 2.20. The number of thiazole rings is 1. The topological polar surface area (TPSA) is 150 Å². The summed E-state index contributed by atoms with van der Waals surface area (Å²) in [6, 6.07) is 16.3. The van der Waals surface area contributed by atoms with Crippen molar-refractivity contribution in [2.45, 2.75) is 25.3 Å². The molecule has 0 unspecified atom stereocenters. The lowest BCUT2D eigenvalue weighted by atomic mass is 10.2. The van der Waals surface area contributed by atoms with E-state index in [1.54, 1.807) is 31.2 Å². The molecule has 0 radical (unpaired) electrons. The molecule has 196 valence electrons. The van der Waals surface area contributed by atoms with Crippen molar-refractivity contribution in [3.8, 4) is 0 Å². The summed E-state index contributed by atoms with van der Waals surface area (Å²) in [5, 5.41) is 11.2. The molecule has 0 atom stereocenters. The average molecular weight is 555 g/mol. The van der Waals surface area contributed by atoms with E-state index in [-0.39, 0.29) is 39.8 Å². The van der Waals surface area contributed by atoms with Crippen molar-refractivity contribution in [2.24, 2.45) is 4.99 Å². The van der Waals surface area contributed by atoms with Crippen LogP contribution in [0.5, 0.6) is 0 Å². The quantitative estimate of drug-likeness (QED) is 0.196. The van der Waals surface area contributed by atoms with Crippen LogP contribution in [0.4, 0.5) is 11.4 Å². The first kappa shape index (κ1) is 26.7. The molecular formula is C25H22N4O7S2. The monoisotopic (exact) mass is 554 g/mol. The third kappa shape index (κ3) is 5.79. The molecule has 0 aliphatic rings. The molecule has 1 aromatic heterocycles. The number of hydrogen-bond donors (Lipinski definition) is 1. The molecule has 0 aliphatic heterocycles. The number of carbonyl (C=O) groups excluding carboxylic acids is 2. The molecular weight excluding hydrogens is 532 g/mol. The Morgan fingerprint density at radius 2 is 1.82 bits per heavy atom. The van der Waals surface area contributed by atoms with E-state index in [1.807, 2.05) is 6.92 Å².